The van der Waals surface area contributed by atoms with Crippen LogP contribution in [0.25, 0.3) is 11.1 Å². The number of nitrogens with one attached hydrogen (secondary N) is 1. The summed E-state index contributed by atoms with van der Waals surface area (Å²) in [5.74, 6) is 0.651. The lowest BCUT2D eigenvalue weighted by molar-refractivity contribution is -0.245. The van der Waals surface area contributed by atoms with E-state index < -0.39 is 16.3 Å². The standard InChI is InChI=1S/C33H33N5O5S2/c1-38-33(35-36-37-38)44-22-29-19-31(26-12-10-23(21-39)11-13-26)43-32(42-29)27-16-14-25(15-17-27)28-7-5-6-24(18-28)20-34-45(40,41)30-8-3-2-4-9-30/h2-18,29,31-32,34,39H,19-22H2,1H3/t29-,31+,32+/m0/s1. The highest BCUT2D eigenvalue weighted by molar-refractivity contribution is 7.99. The van der Waals surface area contributed by atoms with Crippen molar-refractivity contribution in [2.45, 2.75) is 48.1 Å². The molecule has 0 spiro atoms. The average molecular weight is 644 g/mol. The lowest BCUT2D eigenvalue weighted by Crippen LogP contribution is -2.31. The van der Waals surface area contributed by atoms with E-state index in [0.717, 1.165) is 33.4 Å². The van der Waals surface area contributed by atoms with Crippen LogP contribution in [0.3, 0.4) is 0 Å². The van der Waals surface area contributed by atoms with Crippen molar-refractivity contribution in [2.24, 2.45) is 7.05 Å². The van der Waals surface area contributed by atoms with Gasteiger partial charge in [-0.05, 0) is 56.4 Å². The molecule has 6 rings (SSSR count). The number of thioether (sulfide) groups is 1. The second-order valence-corrected chi connectivity index (χ2v) is 13.5. The van der Waals surface area contributed by atoms with Crippen molar-refractivity contribution >= 4 is 21.8 Å². The fourth-order valence-corrected chi connectivity index (χ4v) is 6.99. The number of aromatic nitrogens is 4. The Balaban J connectivity index is 1.17. The summed E-state index contributed by atoms with van der Waals surface area (Å²) >= 11 is 1.54. The zero-order valence-electron chi connectivity index (χ0n) is 24.6. The van der Waals surface area contributed by atoms with Crippen LogP contribution in [0.15, 0.2) is 113 Å². The van der Waals surface area contributed by atoms with Gasteiger partial charge in [-0.2, -0.15) is 0 Å². The topological polar surface area (TPSA) is 128 Å². The lowest BCUT2D eigenvalue weighted by atomic mass is 9.99. The van der Waals surface area contributed by atoms with E-state index in [2.05, 4.69) is 20.2 Å². The summed E-state index contributed by atoms with van der Waals surface area (Å²) in [7, 11) is -1.80. The maximum atomic E-state index is 12.7. The first-order chi connectivity index (χ1) is 21.9. The third-order valence-electron chi connectivity index (χ3n) is 7.56. The largest absolute Gasteiger partial charge is 0.392 e. The van der Waals surface area contributed by atoms with Crippen LogP contribution >= 0.6 is 11.8 Å². The number of rotatable bonds is 11. The van der Waals surface area contributed by atoms with Crippen LogP contribution in [-0.2, 0) is 39.7 Å². The molecule has 0 saturated carbocycles. The molecule has 0 radical (unpaired) electrons. The van der Waals surface area contributed by atoms with Crippen LogP contribution in [-0.4, -0.2) is 45.6 Å². The second kappa shape index (κ2) is 14.0. The number of nitrogens with zero attached hydrogens (tertiary/aromatic N) is 4. The third-order valence-corrected chi connectivity index (χ3v) is 10.1. The molecule has 0 aliphatic carbocycles. The van der Waals surface area contributed by atoms with Gasteiger partial charge < -0.3 is 14.6 Å². The highest BCUT2D eigenvalue weighted by atomic mass is 32.2. The van der Waals surface area contributed by atoms with Gasteiger partial charge in [-0.15, -0.1) is 5.10 Å². The number of hydrogen-bond acceptors (Lipinski definition) is 9. The van der Waals surface area contributed by atoms with Gasteiger partial charge in [-0.1, -0.05) is 96.7 Å². The number of tetrazole rings is 1. The molecule has 0 unspecified atom stereocenters. The molecule has 4 aromatic carbocycles. The van der Waals surface area contributed by atoms with Gasteiger partial charge in [0.15, 0.2) is 6.29 Å². The van der Waals surface area contributed by atoms with E-state index in [1.165, 1.54) is 11.8 Å². The molecule has 1 aromatic heterocycles. The fraction of sp³-hybridized carbons (Fsp3) is 0.242. The van der Waals surface area contributed by atoms with Crippen LogP contribution < -0.4 is 4.72 Å². The molecule has 1 saturated heterocycles. The van der Waals surface area contributed by atoms with Crippen molar-refractivity contribution in [1.29, 1.82) is 0 Å². The minimum absolute atomic E-state index is 0.0128. The molecular formula is C33H33N5O5S2. The monoisotopic (exact) mass is 643 g/mol. The van der Waals surface area contributed by atoms with Crippen molar-refractivity contribution in [3.63, 3.8) is 0 Å². The number of sulfonamides is 1. The Kier molecular flexibility index (Phi) is 9.69. The Morgan fingerprint density at radius 1 is 0.889 bits per heavy atom. The van der Waals surface area contributed by atoms with Crippen LogP contribution in [0.5, 0.6) is 0 Å². The normalized spacial score (nSPS) is 18.6. The first-order valence-corrected chi connectivity index (χ1v) is 16.9. The number of aliphatic hydroxyl groups is 1. The molecule has 5 aromatic rings. The first-order valence-electron chi connectivity index (χ1n) is 14.5. The van der Waals surface area contributed by atoms with Gasteiger partial charge in [0.05, 0.1) is 23.7 Å². The fourth-order valence-electron chi connectivity index (χ4n) is 5.09. The lowest BCUT2D eigenvalue weighted by Gasteiger charge is -2.36. The summed E-state index contributed by atoms with van der Waals surface area (Å²) in [6.45, 7) is 0.165. The van der Waals surface area contributed by atoms with Crippen molar-refractivity contribution in [2.75, 3.05) is 5.75 Å². The molecule has 1 fully saturated rings. The van der Waals surface area contributed by atoms with Crippen molar-refractivity contribution < 1.29 is 23.0 Å². The molecule has 2 heterocycles. The van der Waals surface area contributed by atoms with E-state index in [4.69, 9.17) is 9.47 Å². The third kappa shape index (κ3) is 7.67. The molecule has 232 valence electrons. The SMILES string of the molecule is Cn1nnnc1SC[C@@H]1C[C@H](c2ccc(CO)cc2)O[C@H](c2ccc(-c3cccc(CNS(=O)(=O)c4ccccc4)c3)cc2)O1. The Hall–Kier alpha value is -3.91. The predicted octanol–water partition coefficient (Wildman–Crippen LogP) is 5.19. The van der Waals surface area contributed by atoms with Crippen LogP contribution in [0.1, 0.15) is 41.1 Å². The van der Waals surface area contributed by atoms with Crippen LogP contribution in [0.4, 0.5) is 0 Å². The highest BCUT2D eigenvalue weighted by Crippen LogP contribution is 2.39. The zero-order valence-corrected chi connectivity index (χ0v) is 26.2. The Bertz CT molecular complexity index is 1820. The van der Waals surface area contributed by atoms with Crippen molar-refractivity contribution in [1.82, 2.24) is 24.9 Å². The molecule has 2 N–H and O–H groups in total. The summed E-state index contributed by atoms with van der Waals surface area (Å²) < 4.78 is 42.6. The van der Waals surface area contributed by atoms with Gasteiger partial charge in [0, 0.05) is 31.3 Å². The summed E-state index contributed by atoms with van der Waals surface area (Å²) in [6.07, 6.45) is -0.247. The minimum atomic E-state index is -3.61. The smallest absolute Gasteiger partial charge is 0.240 e. The van der Waals surface area contributed by atoms with Gasteiger partial charge >= 0.3 is 0 Å². The van der Waals surface area contributed by atoms with E-state index in [1.54, 1.807) is 35.0 Å². The molecule has 45 heavy (non-hydrogen) atoms. The molecule has 3 atom stereocenters. The molecule has 10 nitrogen and oxygen atoms in total. The average Bonchev–Trinajstić information content (AvgIpc) is 3.51. The van der Waals surface area contributed by atoms with Gasteiger partial charge in [0.25, 0.3) is 0 Å². The van der Waals surface area contributed by atoms with E-state index in [0.29, 0.717) is 17.3 Å². The minimum Gasteiger partial charge on any atom is -0.392 e. The highest BCUT2D eigenvalue weighted by Gasteiger charge is 2.32. The molecule has 0 amide bonds. The predicted molar refractivity (Wildman–Crippen MR) is 170 cm³/mol. The molecule has 0 bridgehead atoms. The van der Waals surface area contributed by atoms with E-state index >= 15 is 0 Å². The molecular weight excluding hydrogens is 611 g/mol. The Morgan fingerprint density at radius 3 is 2.36 bits per heavy atom. The second-order valence-electron chi connectivity index (χ2n) is 10.7. The number of aryl methyl sites for hydroxylation is 1. The number of hydrogen-bond donors (Lipinski definition) is 2. The van der Waals surface area contributed by atoms with Gasteiger partial charge in [-0.25, -0.2) is 17.8 Å². The summed E-state index contributed by atoms with van der Waals surface area (Å²) in [4.78, 5) is 0.236. The van der Waals surface area contributed by atoms with Gasteiger partial charge in [-0.3, -0.25) is 0 Å². The van der Waals surface area contributed by atoms with Crippen molar-refractivity contribution in [3.8, 4) is 11.1 Å². The van der Waals surface area contributed by atoms with E-state index in [9.17, 15) is 13.5 Å². The summed E-state index contributed by atoms with van der Waals surface area (Å²) in [5.41, 5.74) is 5.56. The summed E-state index contributed by atoms with van der Waals surface area (Å²) in [5, 5.41) is 21.9. The van der Waals surface area contributed by atoms with Crippen LogP contribution in [0.2, 0.25) is 0 Å². The van der Waals surface area contributed by atoms with E-state index in [-0.39, 0.29) is 30.3 Å². The molecule has 1 aliphatic heterocycles. The van der Waals surface area contributed by atoms with Gasteiger partial charge in [0.1, 0.15) is 0 Å². The first kappa shape index (κ1) is 31.1. The van der Waals surface area contributed by atoms with E-state index in [1.807, 2.05) is 79.8 Å². The number of ether oxygens (including phenoxy) is 2. The Morgan fingerprint density at radius 2 is 1.64 bits per heavy atom. The van der Waals surface area contributed by atoms with Gasteiger partial charge in [0.2, 0.25) is 15.2 Å². The molecule has 12 heteroatoms. The number of benzene rings is 4. The maximum Gasteiger partial charge on any atom is 0.240 e. The summed E-state index contributed by atoms with van der Waals surface area (Å²) in [6, 6.07) is 32.0. The quantitative estimate of drug-likeness (QED) is 0.187. The zero-order chi connectivity index (χ0) is 31.2. The molecule has 1 aliphatic rings. The van der Waals surface area contributed by atoms with Crippen LogP contribution in [0, 0.1) is 0 Å². The van der Waals surface area contributed by atoms with Crippen molar-refractivity contribution in [3.05, 3.63) is 125 Å². The number of aliphatic hydroxyl groups excluding tert-OH is 1. The maximum absolute atomic E-state index is 12.7. The Labute approximate surface area is 266 Å².